The fraction of sp³-hybridized carbons (Fsp3) is 0.571. The monoisotopic (exact) mass is 261 g/mol. The quantitative estimate of drug-likeness (QED) is 0.875. The molecule has 2 heterocycles. The lowest BCUT2D eigenvalue weighted by Gasteiger charge is -2.27. The van der Waals surface area contributed by atoms with Crippen molar-refractivity contribution in [1.29, 1.82) is 0 Å². The van der Waals surface area contributed by atoms with E-state index in [-0.39, 0.29) is 6.17 Å². The lowest BCUT2D eigenvalue weighted by atomic mass is 10.2. The van der Waals surface area contributed by atoms with Gasteiger partial charge in [-0.15, -0.1) is 0 Å². The van der Waals surface area contributed by atoms with Crippen LogP contribution in [0.5, 0.6) is 0 Å². The number of aromatic nitrogens is 1. The number of hydrogen-bond donors (Lipinski definition) is 2. The molecule has 5 nitrogen and oxygen atoms in total. The van der Waals surface area contributed by atoms with Crippen molar-refractivity contribution in [3.05, 3.63) is 23.5 Å². The number of guanidine groups is 1. The summed E-state index contributed by atoms with van der Waals surface area (Å²) in [6, 6.07) is 4.19. The number of H-pyrrole nitrogens is 1. The van der Waals surface area contributed by atoms with E-state index in [1.807, 2.05) is 14.0 Å². The van der Waals surface area contributed by atoms with Gasteiger partial charge in [0.15, 0.2) is 0 Å². The minimum Gasteiger partial charge on any atom is -0.361 e. The van der Waals surface area contributed by atoms with E-state index in [4.69, 9.17) is 0 Å². The summed E-state index contributed by atoms with van der Waals surface area (Å²) in [4.78, 5) is 14.5. The predicted molar refractivity (Wildman–Crippen MR) is 79.3 cm³/mol. The predicted octanol–water partition coefficient (Wildman–Crippen LogP) is 2.11. The smallest absolute Gasteiger partial charge is 0.201 e. The summed E-state index contributed by atoms with van der Waals surface area (Å²) in [6.45, 7) is 9.14. The Bertz CT molecular complexity index is 498. The van der Waals surface area contributed by atoms with Gasteiger partial charge in [0.25, 0.3) is 0 Å². The lowest BCUT2D eigenvalue weighted by Crippen LogP contribution is -2.46. The molecular weight excluding hydrogens is 238 g/mol. The van der Waals surface area contributed by atoms with E-state index >= 15 is 0 Å². The van der Waals surface area contributed by atoms with Crippen LogP contribution in [-0.2, 0) is 6.54 Å². The van der Waals surface area contributed by atoms with Crippen LogP contribution in [0.1, 0.15) is 32.2 Å². The SMILES string of the molecule is Cc1ccc(CN(C)C2=NC(C)N=C(C(C)C)N2)[nH]1. The molecule has 1 aromatic rings. The minimum atomic E-state index is -0.0125. The summed E-state index contributed by atoms with van der Waals surface area (Å²) < 4.78 is 0. The van der Waals surface area contributed by atoms with Gasteiger partial charge in [-0.05, 0) is 26.0 Å². The Morgan fingerprint density at radius 2 is 2.05 bits per heavy atom. The molecule has 2 rings (SSSR count). The van der Waals surface area contributed by atoms with Crippen LogP contribution < -0.4 is 5.32 Å². The highest BCUT2D eigenvalue weighted by Gasteiger charge is 2.18. The zero-order chi connectivity index (χ0) is 14.0. The Kier molecular flexibility index (Phi) is 3.93. The van der Waals surface area contributed by atoms with Crippen LogP contribution in [0.15, 0.2) is 22.1 Å². The Labute approximate surface area is 114 Å². The lowest BCUT2D eigenvalue weighted by molar-refractivity contribution is 0.470. The van der Waals surface area contributed by atoms with Gasteiger partial charge in [-0.1, -0.05) is 13.8 Å². The van der Waals surface area contributed by atoms with E-state index in [2.05, 4.69) is 58.1 Å². The van der Waals surface area contributed by atoms with Gasteiger partial charge in [-0.3, -0.25) is 0 Å². The molecule has 0 fully saturated rings. The first-order chi connectivity index (χ1) is 8.95. The number of hydrogen-bond acceptors (Lipinski definition) is 4. The van der Waals surface area contributed by atoms with Crippen LogP contribution in [0, 0.1) is 12.8 Å². The fourth-order valence-corrected chi connectivity index (χ4v) is 2.06. The molecule has 0 radical (unpaired) electrons. The summed E-state index contributed by atoms with van der Waals surface area (Å²) >= 11 is 0. The zero-order valence-corrected chi connectivity index (χ0v) is 12.4. The number of nitrogens with one attached hydrogen (secondary N) is 2. The highest BCUT2D eigenvalue weighted by molar-refractivity contribution is 6.01. The summed E-state index contributed by atoms with van der Waals surface area (Å²) in [5.41, 5.74) is 2.37. The molecule has 0 spiro atoms. The number of rotatable bonds is 3. The van der Waals surface area contributed by atoms with Crippen LogP contribution in [0.25, 0.3) is 0 Å². The van der Waals surface area contributed by atoms with Crippen molar-refractivity contribution < 1.29 is 0 Å². The second kappa shape index (κ2) is 5.47. The van der Waals surface area contributed by atoms with Crippen LogP contribution >= 0.6 is 0 Å². The summed E-state index contributed by atoms with van der Waals surface area (Å²) in [6.07, 6.45) is -0.0125. The topological polar surface area (TPSA) is 55.8 Å². The molecular formula is C14H23N5. The molecule has 0 amide bonds. The van der Waals surface area contributed by atoms with Gasteiger partial charge >= 0.3 is 0 Å². The Morgan fingerprint density at radius 3 is 2.63 bits per heavy atom. The van der Waals surface area contributed by atoms with E-state index in [0.717, 1.165) is 18.3 Å². The number of aromatic amines is 1. The van der Waals surface area contributed by atoms with Crippen LogP contribution in [0.4, 0.5) is 0 Å². The fourth-order valence-electron chi connectivity index (χ4n) is 2.06. The van der Waals surface area contributed by atoms with Crippen LogP contribution in [0.2, 0.25) is 0 Å². The van der Waals surface area contributed by atoms with E-state index in [1.54, 1.807) is 0 Å². The maximum atomic E-state index is 4.55. The maximum Gasteiger partial charge on any atom is 0.201 e. The highest BCUT2D eigenvalue weighted by atomic mass is 15.3. The molecule has 0 saturated heterocycles. The van der Waals surface area contributed by atoms with Crippen molar-refractivity contribution >= 4 is 11.8 Å². The molecule has 1 aliphatic heterocycles. The van der Waals surface area contributed by atoms with Crippen molar-refractivity contribution in [2.24, 2.45) is 15.9 Å². The maximum absolute atomic E-state index is 4.55. The van der Waals surface area contributed by atoms with Gasteiger partial charge in [0.05, 0.1) is 6.54 Å². The number of aryl methyl sites for hydroxylation is 1. The molecule has 2 N–H and O–H groups in total. The molecule has 0 saturated carbocycles. The number of aliphatic imine (C=N–C) groups is 2. The largest absolute Gasteiger partial charge is 0.361 e. The van der Waals surface area contributed by atoms with Gasteiger partial charge in [0.2, 0.25) is 5.96 Å². The van der Waals surface area contributed by atoms with Crippen LogP contribution in [-0.4, -0.2) is 34.9 Å². The van der Waals surface area contributed by atoms with Crippen molar-refractivity contribution in [3.63, 3.8) is 0 Å². The summed E-state index contributed by atoms with van der Waals surface area (Å²) in [5, 5.41) is 3.32. The van der Waals surface area contributed by atoms with Crippen molar-refractivity contribution in [1.82, 2.24) is 15.2 Å². The molecule has 1 aromatic heterocycles. The normalized spacial score (nSPS) is 18.9. The minimum absolute atomic E-state index is 0.0125. The standard InChI is InChI=1S/C14H23N5/c1-9(2)13-16-11(4)17-14(18-13)19(5)8-12-7-6-10(3)15-12/h6-7,9,11,15H,8H2,1-5H3,(H,16,17,18). The molecule has 0 bridgehead atoms. The third kappa shape index (κ3) is 3.36. The van der Waals surface area contributed by atoms with Gasteiger partial charge in [-0.2, -0.15) is 0 Å². The average Bonchev–Trinajstić information content (AvgIpc) is 2.73. The van der Waals surface area contributed by atoms with Crippen molar-refractivity contribution in [2.75, 3.05) is 7.05 Å². The van der Waals surface area contributed by atoms with Gasteiger partial charge in [0, 0.05) is 24.4 Å². The highest BCUT2D eigenvalue weighted by Crippen LogP contribution is 2.09. The molecule has 0 aliphatic carbocycles. The Balaban J connectivity index is 2.05. The van der Waals surface area contributed by atoms with E-state index in [0.29, 0.717) is 5.92 Å². The zero-order valence-electron chi connectivity index (χ0n) is 12.4. The first-order valence-electron chi connectivity index (χ1n) is 6.74. The van der Waals surface area contributed by atoms with Crippen molar-refractivity contribution in [2.45, 2.75) is 40.4 Å². The van der Waals surface area contributed by atoms with Gasteiger partial charge < -0.3 is 15.2 Å². The Hall–Kier alpha value is -1.78. The average molecular weight is 261 g/mol. The molecule has 0 aromatic carbocycles. The summed E-state index contributed by atoms with van der Waals surface area (Å²) in [5.74, 6) is 2.28. The van der Waals surface area contributed by atoms with Gasteiger partial charge in [0.1, 0.15) is 12.0 Å². The van der Waals surface area contributed by atoms with Gasteiger partial charge in [-0.25, -0.2) is 9.98 Å². The molecule has 1 atom stereocenters. The number of nitrogens with zero attached hydrogens (tertiary/aromatic N) is 3. The first kappa shape index (κ1) is 13.6. The van der Waals surface area contributed by atoms with E-state index in [9.17, 15) is 0 Å². The summed E-state index contributed by atoms with van der Waals surface area (Å²) in [7, 11) is 2.04. The van der Waals surface area contributed by atoms with E-state index in [1.165, 1.54) is 11.4 Å². The first-order valence-corrected chi connectivity index (χ1v) is 6.74. The Morgan fingerprint density at radius 1 is 1.32 bits per heavy atom. The molecule has 19 heavy (non-hydrogen) atoms. The second-order valence-corrected chi connectivity index (χ2v) is 5.40. The van der Waals surface area contributed by atoms with Crippen LogP contribution in [0.3, 0.4) is 0 Å². The molecule has 5 heteroatoms. The molecule has 104 valence electrons. The third-order valence-electron chi connectivity index (χ3n) is 3.08. The third-order valence-corrected chi connectivity index (χ3v) is 3.08. The second-order valence-electron chi connectivity index (χ2n) is 5.40. The van der Waals surface area contributed by atoms with Crippen molar-refractivity contribution in [3.8, 4) is 0 Å². The number of amidine groups is 1. The molecule has 1 unspecified atom stereocenters. The molecule has 1 aliphatic rings. The van der Waals surface area contributed by atoms with E-state index < -0.39 is 0 Å².